The van der Waals surface area contributed by atoms with E-state index in [9.17, 15) is 0 Å². The first-order valence-corrected chi connectivity index (χ1v) is 14.4. The molecule has 6 aromatic rings. The Morgan fingerprint density at radius 2 is 1.40 bits per heavy atom. The van der Waals surface area contributed by atoms with E-state index in [1.807, 2.05) is 6.20 Å². The number of rotatable bonds is 1. The minimum absolute atomic E-state index is 0.270. The smallest absolute Gasteiger partial charge is 0.0346 e. The predicted octanol–water partition coefficient (Wildman–Crippen LogP) is 8.00. The highest BCUT2D eigenvalue weighted by atomic mass is 14.6. The molecule has 5 aromatic carbocycles. The monoisotopic (exact) mass is 507 g/mol. The summed E-state index contributed by atoms with van der Waals surface area (Å²) in [7, 11) is 0. The van der Waals surface area contributed by atoms with Crippen LogP contribution in [0.15, 0.2) is 116 Å². The summed E-state index contributed by atoms with van der Waals surface area (Å²) < 4.78 is 0. The highest BCUT2D eigenvalue weighted by molar-refractivity contribution is 6.14. The van der Waals surface area contributed by atoms with Gasteiger partial charge >= 0.3 is 0 Å². The van der Waals surface area contributed by atoms with Crippen molar-refractivity contribution in [2.24, 2.45) is 0 Å². The lowest BCUT2D eigenvalue weighted by Gasteiger charge is -2.21. The van der Waals surface area contributed by atoms with Crippen LogP contribution >= 0.6 is 0 Å². The molecule has 1 aromatic heterocycles. The standard InChI is InChI=1S/C39H25N/c1-2-9-24-22(8-1)20-40-21-37(24)23-16-33-27-12-5-6-13-28(27)36-18-31-30-15-7-14-29-25-10-3-4-11-26(25)35(38(29)30)19-32(31)34(17-23)39(33)36/h1-15,17-21,23,25-26H,16H2. The summed E-state index contributed by atoms with van der Waals surface area (Å²) in [5.74, 6) is 1.12. The molecule has 0 saturated carbocycles. The number of allylic oxidation sites excluding steroid dienone is 4. The van der Waals surface area contributed by atoms with Crippen LogP contribution in [0, 0.1) is 0 Å². The van der Waals surface area contributed by atoms with Crippen LogP contribution in [0.5, 0.6) is 0 Å². The number of hydrogen-bond acceptors (Lipinski definition) is 1. The van der Waals surface area contributed by atoms with Gasteiger partial charge < -0.3 is 0 Å². The Kier molecular flexibility index (Phi) is 3.94. The summed E-state index contributed by atoms with van der Waals surface area (Å²) >= 11 is 0. The van der Waals surface area contributed by atoms with Crippen molar-refractivity contribution in [2.45, 2.75) is 24.2 Å². The van der Waals surface area contributed by atoms with Gasteiger partial charge in [-0.2, -0.15) is 0 Å². The lowest BCUT2D eigenvalue weighted by atomic mass is 9.82. The average Bonchev–Trinajstić information content (AvgIpc) is 3.51. The summed E-state index contributed by atoms with van der Waals surface area (Å²) in [5, 5.41) is 11.0. The van der Waals surface area contributed by atoms with Gasteiger partial charge in [0.25, 0.3) is 0 Å². The summed E-state index contributed by atoms with van der Waals surface area (Å²) in [6, 6.07) is 29.8. The van der Waals surface area contributed by atoms with Gasteiger partial charge in [0, 0.05) is 35.5 Å². The normalized spacial score (nSPS) is 21.1. The van der Waals surface area contributed by atoms with Gasteiger partial charge in [-0.1, -0.05) is 97.1 Å². The topological polar surface area (TPSA) is 12.9 Å². The summed E-state index contributed by atoms with van der Waals surface area (Å²) in [5.41, 5.74) is 9.96. The van der Waals surface area contributed by atoms with Crippen LogP contribution in [-0.4, -0.2) is 4.98 Å². The van der Waals surface area contributed by atoms with Crippen molar-refractivity contribution in [3.05, 3.63) is 148 Å². The largest absolute Gasteiger partial charge is 0.264 e. The zero-order valence-corrected chi connectivity index (χ0v) is 21.9. The van der Waals surface area contributed by atoms with E-state index in [0.29, 0.717) is 11.8 Å². The van der Waals surface area contributed by atoms with Crippen LogP contribution in [-0.2, 0) is 0 Å². The molecule has 40 heavy (non-hydrogen) atoms. The molecule has 186 valence electrons. The molecule has 4 aliphatic rings. The number of nitrogens with zero attached hydrogens (tertiary/aromatic N) is 1. The van der Waals surface area contributed by atoms with E-state index in [1.165, 1.54) is 81.7 Å². The Morgan fingerprint density at radius 1 is 0.600 bits per heavy atom. The third-order valence-electron chi connectivity index (χ3n) is 9.97. The third kappa shape index (κ3) is 2.56. The maximum atomic E-state index is 4.69. The van der Waals surface area contributed by atoms with E-state index < -0.39 is 0 Å². The SMILES string of the molecule is C1=CC2c3cccc4c3c(cc3c5c6c(cc34)-c3ccccc3C=6CC(c3cncc4ccccc34)C=5)C2C=C1. The minimum atomic E-state index is 0.270. The van der Waals surface area contributed by atoms with Gasteiger partial charge in [0.15, 0.2) is 0 Å². The number of benzene rings is 5. The Balaban J connectivity index is 1.36. The quantitative estimate of drug-likeness (QED) is 0.206. The molecule has 0 radical (unpaired) electrons. The summed E-state index contributed by atoms with van der Waals surface area (Å²) in [6.07, 6.45) is 16.9. The van der Waals surface area contributed by atoms with Gasteiger partial charge in [-0.15, -0.1) is 0 Å². The van der Waals surface area contributed by atoms with Gasteiger partial charge in [-0.05, 0) is 94.9 Å². The second-order valence-electron chi connectivity index (χ2n) is 11.8. The summed E-state index contributed by atoms with van der Waals surface area (Å²) in [6.45, 7) is 0. The molecule has 1 heteroatoms. The fraction of sp³-hybridized carbons (Fsp3) is 0.103. The molecule has 0 fully saturated rings. The molecule has 10 rings (SSSR count). The van der Waals surface area contributed by atoms with Crippen molar-refractivity contribution in [1.29, 1.82) is 0 Å². The Hall–Kier alpha value is -4.75. The first-order valence-electron chi connectivity index (χ1n) is 14.4. The molecule has 0 N–H and O–H groups in total. The molecule has 3 atom stereocenters. The first-order chi connectivity index (χ1) is 19.8. The number of aromatic nitrogens is 1. The molecular formula is C39H25N. The van der Waals surface area contributed by atoms with E-state index >= 15 is 0 Å². The molecule has 0 spiro atoms. The van der Waals surface area contributed by atoms with Crippen LogP contribution < -0.4 is 10.4 Å². The zero-order chi connectivity index (χ0) is 25.9. The minimum Gasteiger partial charge on any atom is -0.264 e. The number of pyridine rings is 1. The van der Waals surface area contributed by atoms with E-state index in [1.54, 1.807) is 0 Å². The molecule has 0 aliphatic heterocycles. The Bertz CT molecular complexity index is 2310. The second kappa shape index (κ2) is 7.46. The number of hydrogen-bond donors (Lipinski definition) is 0. The first kappa shape index (κ1) is 21.1. The molecule has 3 unspecified atom stereocenters. The second-order valence-corrected chi connectivity index (χ2v) is 11.8. The molecule has 0 bridgehead atoms. The van der Waals surface area contributed by atoms with Gasteiger partial charge in [0.2, 0.25) is 0 Å². The van der Waals surface area contributed by atoms with Crippen molar-refractivity contribution >= 4 is 44.0 Å². The van der Waals surface area contributed by atoms with E-state index in [4.69, 9.17) is 4.98 Å². The fourth-order valence-electron chi connectivity index (χ4n) is 8.34. The van der Waals surface area contributed by atoms with Crippen molar-refractivity contribution in [2.75, 3.05) is 0 Å². The van der Waals surface area contributed by atoms with E-state index in [-0.39, 0.29) is 5.92 Å². The van der Waals surface area contributed by atoms with Crippen LogP contribution in [0.1, 0.15) is 46.4 Å². The van der Waals surface area contributed by atoms with Crippen molar-refractivity contribution < 1.29 is 0 Å². The van der Waals surface area contributed by atoms with Crippen molar-refractivity contribution in [1.82, 2.24) is 4.98 Å². The van der Waals surface area contributed by atoms with Gasteiger partial charge in [-0.25, -0.2) is 0 Å². The molecule has 0 saturated heterocycles. The fourth-order valence-corrected chi connectivity index (χ4v) is 8.34. The van der Waals surface area contributed by atoms with Gasteiger partial charge in [0.1, 0.15) is 0 Å². The molecule has 0 amide bonds. The third-order valence-corrected chi connectivity index (χ3v) is 9.97. The highest BCUT2D eigenvalue weighted by Crippen LogP contribution is 2.51. The van der Waals surface area contributed by atoms with Crippen LogP contribution in [0.25, 0.3) is 55.1 Å². The molecular weight excluding hydrogens is 482 g/mol. The van der Waals surface area contributed by atoms with Crippen LogP contribution in [0.4, 0.5) is 0 Å². The van der Waals surface area contributed by atoms with Gasteiger partial charge in [0.05, 0.1) is 0 Å². The molecule has 1 nitrogen and oxygen atoms in total. The van der Waals surface area contributed by atoms with Crippen LogP contribution in [0.2, 0.25) is 0 Å². The summed E-state index contributed by atoms with van der Waals surface area (Å²) in [4.78, 5) is 4.69. The maximum Gasteiger partial charge on any atom is 0.0346 e. The predicted molar refractivity (Wildman–Crippen MR) is 166 cm³/mol. The van der Waals surface area contributed by atoms with E-state index in [2.05, 4.69) is 115 Å². The van der Waals surface area contributed by atoms with Crippen LogP contribution in [0.3, 0.4) is 0 Å². The zero-order valence-electron chi connectivity index (χ0n) is 21.9. The Labute approximate surface area is 232 Å². The van der Waals surface area contributed by atoms with E-state index in [0.717, 1.165) is 6.42 Å². The average molecular weight is 508 g/mol. The van der Waals surface area contributed by atoms with Gasteiger partial charge in [-0.3, -0.25) is 4.98 Å². The molecule has 4 aliphatic carbocycles. The Morgan fingerprint density at radius 3 is 2.33 bits per heavy atom. The maximum absolute atomic E-state index is 4.69. The lowest BCUT2D eigenvalue weighted by molar-refractivity contribution is 0.769. The highest BCUT2D eigenvalue weighted by Gasteiger charge is 2.34. The van der Waals surface area contributed by atoms with Crippen molar-refractivity contribution in [3.63, 3.8) is 0 Å². The lowest BCUT2D eigenvalue weighted by Crippen LogP contribution is -2.32. The van der Waals surface area contributed by atoms with Crippen molar-refractivity contribution in [3.8, 4) is 11.1 Å². The molecule has 1 heterocycles. The number of fused-ring (bicyclic) bond motifs is 10.